The van der Waals surface area contributed by atoms with Gasteiger partial charge in [-0.3, -0.25) is 4.79 Å². The number of allylic oxidation sites excluding steroid dienone is 1. The molecule has 0 unspecified atom stereocenters. The van der Waals surface area contributed by atoms with Crippen molar-refractivity contribution in [1.29, 1.82) is 0 Å². The van der Waals surface area contributed by atoms with Crippen LogP contribution < -0.4 is 5.32 Å². The molecule has 2 aliphatic rings. The van der Waals surface area contributed by atoms with Crippen LogP contribution >= 0.6 is 0 Å². The highest BCUT2D eigenvalue weighted by Gasteiger charge is 2.25. The van der Waals surface area contributed by atoms with Crippen LogP contribution in [0.25, 0.3) is 0 Å². The van der Waals surface area contributed by atoms with E-state index < -0.39 is 5.97 Å². The van der Waals surface area contributed by atoms with E-state index in [4.69, 9.17) is 9.47 Å². The lowest BCUT2D eigenvalue weighted by Gasteiger charge is -2.27. The van der Waals surface area contributed by atoms with Crippen LogP contribution in [0.4, 0.5) is 0 Å². The van der Waals surface area contributed by atoms with Crippen molar-refractivity contribution in [3.63, 3.8) is 0 Å². The molecule has 5 nitrogen and oxygen atoms in total. The van der Waals surface area contributed by atoms with E-state index in [0.29, 0.717) is 18.9 Å². The molecular formula is C16H25NO4. The Labute approximate surface area is 126 Å². The summed E-state index contributed by atoms with van der Waals surface area (Å²) in [6.07, 6.45) is 8.43. The number of nitrogens with one attached hydrogen (secondary N) is 1. The number of amides is 1. The van der Waals surface area contributed by atoms with E-state index >= 15 is 0 Å². The summed E-state index contributed by atoms with van der Waals surface area (Å²) in [4.78, 5) is 23.9. The van der Waals surface area contributed by atoms with Crippen LogP contribution in [0.2, 0.25) is 0 Å². The van der Waals surface area contributed by atoms with Gasteiger partial charge in [0.2, 0.25) is 5.91 Å². The maximum atomic E-state index is 12.4. The van der Waals surface area contributed by atoms with Crippen LogP contribution in [0.3, 0.4) is 0 Å². The summed E-state index contributed by atoms with van der Waals surface area (Å²) >= 11 is 0. The van der Waals surface area contributed by atoms with Gasteiger partial charge in [-0.25, -0.2) is 4.79 Å². The zero-order chi connectivity index (χ0) is 15.1. The molecule has 0 atom stereocenters. The van der Waals surface area contributed by atoms with Crippen molar-refractivity contribution in [3.8, 4) is 0 Å². The summed E-state index contributed by atoms with van der Waals surface area (Å²) in [5.74, 6) is -0.109. The molecule has 1 saturated heterocycles. The fourth-order valence-electron chi connectivity index (χ4n) is 3.06. The number of hydrogen-bond donors (Lipinski definition) is 1. The van der Waals surface area contributed by atoms with E-state index in [2.05, 4.69) is 5.32 Å². The monoisotopic (exact) mass is 295 g/mol. The average Bonchev–Trinajstić information content (AvgIpc) is 2.55. The Hall–Kier alpha value is -1.36. The molecular weight excluding hydrogens is 270 g/mol. The first-order valence-electron chi connectivity index (χ1n) is 7.89. The summed E-state index contributed by atoms with van der Waals surface area (Å²) in [6.45, 7) is 1.34. The molecule has 2 rings (SSSR count). The summed E-state index contributed by atoms with van der Waals surface area (Å²) in [5.41, 5.74) is 0.695. The quantitative estimate of drug-likeness (QED) is 0.637. The zero-order valence-electron chi connectivity index (χ0n) is 12.7. The molecule has 1 aliphatic heterocycles. The molecule has 0 spiro atoms. The molecule has 118 valence electrons. The van der Waals surface area contributed by atoms with Gasteiger partial charge in [0.15, 0.2) is 0 Å². The van der Waals surface area contributed by atoms with Gasteiger partial charge in [0.1, 0.15) is 0 Å². The van der Waals surface area contributed by atoms with Crippen molar-refractivity contribution in [1.82, 2.24) is 5.32 Å². The van der Waals surface area contributed by atoms with Crippen molar-refractivity contribution in [2.45, 2.75) is 44.9 Å². The zero-order valence-corrected chi connectivity index (χ0v) is 12.7. The lowest BCUT2D eigenvalue weighted by atomic mass is 9.88. The molecule has 0 aromatic rings. The SMILES string of the molecule is COC(=O)C=C(NC(=O)C1CCCCC1)C1CCOCC1. The van der Waals surface area contributed by atoms with E-state index in [9.17, 15) is 9.59 Å². The Morgan fingerprint density at radius 1 is 1.05 bits per heavy atom. The third-order valence-corrected chi connectivity index (χ3v) is 4.38. The molecule has 2 fully saturated rings. The molecule has 0 bridgehead atoms. The van der Waals surface area contributed by atoms with Gasteiger partial charge in [0.05, 0.1) is 7.11 Å². The number of carbonyl (C=O) groups excluding carboxylic acids is 2. The lowest BCUT2D eigenvalue weighted by Crippen LogP contribution is -2.35. The maximum absolute atomic E-state index is 12.4. The summed E-state index contributed by atoms with van der Waals surface area (Å²) in [7, 11) is 1.35. The van der Waals surface area contributed by atoms with Crippen molar-refractivity contribution in [2.24, 2.45) is 11.8 Å². The fraction of sp³-hybridized carbons (Fsp3) is 0.750. The Balaban J connectivity index is 2.02. The second kappa shape index (κ2) is 8.17. The minimum absolute atomic E-state index is 0.0522. The van der Waals surface area contributed by atoms with Gasteiger partial charge >= 0.3 is 5.97 Å². The first-order valence-corrected chi connectivity index (χ1v) is 7.89. The van der Waals surface area contributed by atoms with Crippen molar-refractivity contribution < 1.29 is 19.1 Å². The van der Waals surface area contributed by atoms with E-state index in [0.717, 1.165) is 38.5 Å². The summed E-state index contributed by atoms with van der Waals surface area (Å²) in [6, 6.07) is 0. The van der Waals surface area contributed by atoms with Gasteiger partial charge in [-0.15, -0.1) is 0 Å². The van der Waals surface area contributed by atoms with Crippen molar-refractivity contribution >= 4 is 11.9 Å². The van der Waals surface area contributed by atoms with Crippen LogP contribution in [0, 0.1) is 11.8 Å². The van der Waals surface area contributed by atoms with E-state index in [1.165, 1.54) is 19.6 Å². The van der Waals surface area contributed by atoms with Crippen LogP contribution in [0.1, 0.15) is 44.9 Å². The Morgan fingerprint density at radius 2 is 1.71 bits per heavy atom. The predicted molar refractivity (Wildman–Crippen MR) is 78.4 cm³/mol. The van der Waals surface area contributed by atoms with Gasteiger partial charge in [0, 0.05) is 36.8 Å². The predicted octanol–water partition coefficient (Wildman–Crippen LogP) is 2.17. The van der Waals surface area contributed by atoms with E-state index in [1.807, 2.05) is 0 Å². The first-order chi connectivity index (χ1) is 10.2. The van der Waals surface area contributed by atoms with E-state index in [-0.39, 0.29) is 17.7 Å². The molecule has 0 aromatic heterocycles. The average molecular weight is 295 g/mol. The van der Waals surface area contributed by atoms with Gasteiger partial charge in [-0.1, -0.05) is 19.3 Å². The third-order valence-electron chi connectivity index (χ3n) is 4.38. The topological polar surface area (TPSA) is 64.6 Å². The molecule has 21 heavy (non-hydrogen) atoms. The van der Waals surface area contributed by atoms with Crippen LogP contribution in [0.15, 0.2) is 11.8 Å². The van der Waals surface area contributed by atoms with Gasteiger partial charge in [0.25, 0.3) is 0 Å². The molecule has 0 radical (unpaired) electrons. The molecule has 1 aliphatic carbocycles. The smallest absolute Gasteiger partial charge is 0.332 e. The molecule has 5 heteroatoms. The largest absolute Gasteiger partial charge is 0.466 e. The number of esters is 1. The molecule has 1 amide bonds. The van der Waals surface area contributed by atoms with Gasteiger partial charge in [-0.2, -0.15) is 0 Å². The standard InChI is InChI=1S/C16H25NO4/c1-20-15(18)11-14(12-7-9-21-10-8-12)17-16(19)13-5-3-2-4-6-13/h11-13H,2-10H2,1H3,(H,17,19). The van der Waals surface area contributed by atoms with Crippen molar-refractivity contribution in [2.75, 3.05) is 20.3 Å². The minimum Gasteiger partial charge on any atom is -0.466 e. The van der Waals surface area contributed by atoms with Gasteiger partial charge < -0.3 is 14.8 Å². The molecule has 1 N–H and O–H groups in total. The first kappa shape index (κ1) is 16.0. The maximum Gasteiger partial charge on any atom is 0.332 e. The Morgan fingerprint density at radius 3 is 2.33 bits per heavy atom. The highest BCUT2D eigenvalue weighted by atomic mass is 16.5. The number of ether oxygens (including phenoxy) is 2. The van der Waals surface area contributed by atoms with Crippen LogP contribution in [0.5, 0.6) is 0 Å². The Bertz CT molecular complexity index is 393. The number of methoxy groups -OCH3 is 1. The second-order valence-corrected chi connectivity index (χ2v) is 5.83. The molecule has 0 aromatic carbocycles. The number of rotatable bonds is 4. The summed E-state index contributed by atoms with van der Waals surface area (Å²) < 4.78 is 10.0. The third kappa shape index (κ3) is 4.84. The Kier molecular flexibility index (Phi) is 6.23. The van der Waals surface area contributed by atoms with Crippen LogP contribution in [-0.2, 0) is 19.1 Å². The normalized spacial score (nSPS) is 21.9. The molecule has 1 saturated carbocycles. The lowest BCUT2D eigenvalue weighted by molar-refractivity contribution is -0.134. The number of carbonyl (C=O) groups is 2. The van der Waals surface area contributed by atoms with Gasteiger partial charge in [-0.05, 0) is 25.7 Å². The van der Waals surface area contributed by atoms with Crippen molar-refractivity contribution in [3.05, 3.63) is 11.8 Å². The van der Waals surface area contributed by atoms with E-state index in [1.54, 1.807) is 0 Å². The minimum atomic E-state index is -0.416. The highest BCUT2D eigenvalue weighted by Crippen LogP contribution is 2.26. The number of hydrogen-bond acceptors (Lipinski definition) is 4. The highest BCUT2D eigenvalue weighted by molar-refractivity contribution is 5.86. The molecule has 1 heterocycles. The summed E-state index contributed by atoms with van der Waals surface area (Å²) in [5, 5.41) is 2.99. The van der Waals surface area contributed by atoms with Crippen LogP contribution in [-0.4, -0.2) is 32.2 Å². The fourth-order valence-corrected chi connectivity index (χ4v) is 3.06. The second-order valence-electron chi connectivity index (χ2n) is 5.83.